The lowest BCUT2D eigenvalue weighted by molar-refractivity contribution is 0.338. The lowest BCUT2D eigenvalue weighted by atomic mass is 9.85. The van der Waals surface area contributed by atoms with Crippen LogP contribution in [0.5, 0.6) is 0 Å². The second-order valence-corrected chi connectivity index (χ2v) is 7.18. The second kappa shape index (κ2) is 6.43. The molecule has 1 aliphatic carbocycles. The Morgan fingerprint density at radius 2 is 1.78 bits per heavy atom. The minimum absolute atomic E-state index is 0.410. The van der Waals surface area contributed by atoms with E-state index in [1.807, 2.05) is 0 Å². The van der Waals surface area contributed by atoms with E-state index in [9.17, 15) is 0 Å². The van der Waals surface area contributed by atoms with Gasteiger partial charge in [0, 0.05) is 9.85 Å². The molecule has 1 unspecified atom stereocenters. The van der Waals surface area contributed by atoms with Crippen LogP contribution in [0.2, 0.25) is 5.02 Å². The van der Waals surface area contributed by atoms with Gasteiger partial charge >= 0.3 is 0 Å². The molecule has 0 aliphatic heterocycles. The molecule has 0 N–H and O–H groups in total. The molecule has 1 aromatic carbocycles. The largest absolute Gasteiger partial charge is 0.0840 e. The van der Waals surface area contributed by atoms with Crippen molar-refractivity contribution in [1.82, 2.24) is 0 Å². The van der Waals surface area contributed by atoms with Crippen LogP contribution in [0.15, 0.2) is 12.1 Å². The van der Waals surface area contributed by atoms with Gasteiger partial charge in [0.15, 0.2) is 0 Å². The Labute approximate surface area is 124 Å². The van der Waals surface area contributed by atoms with Crippen molar-refractivity contribution in [2.75, 3.05) is 0 Å². The minimum Gasteiger partial charge on any atom is -0.0840 e. The summed E-state index contributed by atoms with van der Waals surface area (Å²) in [4.78, 5) is 0.410. The third-order valence-electron chi connectivity index (χ3n) is 4.22. The highest BCUT2D eigenvalue weighted by atomic mass is 79.9. The van der Waals surface area contributed by atoms with Gasteiger partial charge in [0.25, 0.3) is 0 Å². The monoisotopic (exact) mass is 328 g/mol. The molecule has 1 aromatic rings. The maximum atomic E-state index is 6.38. The predicted octanol–water partition coefficient (Wildman–Crippen LogP) is 6.36. The van der Waals surface area contributed by atoms with Gasteiger partial charge in [-0.1, -0.05) is 65.7 Å². The zero-order valence-electron chi connectivity index (χ0n) is 11.3. The molecule has 2 rings (SSSR count). The van der Waals surface area contributed by atoms with Gasteiger partial charge in [-0.15, -0.1) is 0 Å². The molecule has 2 heteroatoms. The molecular formula is C16H22BrCl. The molecule has 1 fully saturated rings. The zero-order chi connectivity index (χ0) is 13.1. The van der Waals surface area contributed by atoms with Gasteiger partial charge in [-0.2, -0.15) is 0 Å². The van der Waals surface area contributed by atoms with Crippen LogP contribution < -0.4 is 0 Å². The Morgan fingerprint density at radius 1 is 1.17 bits per heavy atom. The van der Waals surface area contributed by atoms with Crippen LogP contribution in [0.1, 0.15) is 60.0 Å². The van der Waals surface area contributed by atoms with Crippen molar-refractivity contribution in [1.29, 1.82) is 0 Å². The van der Waals surface area contributed by atoms with Crippen molar-refractivity contribution in [2.45, 2.75) is 57.2 Å². The summed E-state index contributed by atoms with van der Waals surface area (Å²) in [6.07, 6.45) is 8.25. The van der Waals surface area contributed by atoms with Crippen LogP contribution >= 0.6 is 27.5 Å². The van der Waals surface area contributed by atoms with Gasteiger partial charge < -0.3 is 0 Å². The van der Waals surface area contributed by atoms with Crippen LogP contribution in [0.25, 0.3) is 0 Å². The van der Waals surface area contributed by atoms with Gasteiger partial charge in [0.2, 0.25) is 0 Å². The topological polar surface area (TPSA) is 0 Å². The lowest BCUT2D eigenvalue weighted by Gasteiger charge is -2.24. The lowest BCUT2D eigenvalue weighted by Crippen LogP contribution is -2.09. The Morgan fingerprint density at radius 3 is 2.44 bits per heavy atom. The van der Waals surface area contributed by atoms with E-state index in [1.165, 1.54) is 55.2 Å². The van der Waals surface area contributed by atoms with E-state index in [1.54, 1.807) is 0 Å². The average molecular weight is 330 g/mol. The summed E-state index contributed by atoms with van der Waals surface area (Å²) < 4.78 is 0. The van der Waals surface area contributed by atoms with E-state index in [2.05, 4.69) is 41.9 Å². The summed E-state index contributed by atoms with van der Waals surface area (Å²) >= 11 is 10.2. The van der Waals surface area contributed by atoms with Crippen LogP contribution in [-0.2, 0) is 0 Å². The first kappa shape index (κ1) is 14.4. The van der Waals surface area contributed by atoms with E-state index in [0.29, 0.717) is 4.83 Å². The number of aryl methyl sites for hydroxylation is 2. The molecule has 0 spiro atoms. The van der Waals surface area contributed by atoms with E-state index >= 15 is 0 Å². The molecule has 1 saturated carbocycles. The summed E-state index contributed by atoms with van der Waals surface area (Å²) in [7, 11) is 0. The van der Waals surface area contributed by atoms with E-state index in [0.717, 1.165) is 10.9 Å². The van der Waals surface area contributed by atoms with Gasteiger partial charge in [-0.05, 0) is 48.9 Å². The number of halogens is 2. The van der Waals surface area contributed by atoms with Crippen molar-refractivity contribution >= 4 is 27.5 Å². The molecule has 0 heterocycles. The first-order valence-electron chi connectivity index (χ1n) is 6.98. The van der Waals surface area contributed by atoms with Crippen molar-refractivity contribution in [3.63, 3.8) is 0 Å². The highest BCUT2D eigenvalue weighted by molar-refractivity contribution is 9.09. The second-order valence-electron chi connectivity index (χ2n) is 5.67. The third-order valence-corrected chi connectivity index (χ3v) is 5.41. The molecule has 0 radical (unpaired) electrons. The number of hydrogen-bond acceptors (Lipinski definition) is 0. The van der Waals surface area contributed by atoms with Crippen LogP contribution in [-0.4, -0.2) is 0 Å². The average Bonchev–Trinajstić information content (AvgIpc) is 2.35. The van der Waals surface area contributed by atoms with E-state index in [4.69, 9.17) is 11.6 Å². The number of hydrogen-bond donors (Lipinski definition) is 0. The van der Waals surface area contributed by atoms with Gasteiger partial charge in [0.05, 0.1) is 0 Å². The van der Waals surface area contributed by atoms with Crippen LogP contribution in [0.4, 0.5) is 0 Å². The van der Waals surface area contributed by atoms with Crippen molar-refractivity contribution in [3.8, 4) is 0 Å². The fraction of sp³-hybridized carbons (Fsp3) is 0.625. The van der Waals surface area contributed by atoms with E-state index < -0.39 is 0 Å². The van der Waals surface area contributed by atoms with Gasteiger partial charge in [-0.3, -0.25) is 0 Å². The molecule has 0 aromatic heterocycles. The van der Waals surface area contributed by atoms with Crippen molar-refractivity contribution in [2.24, 2.45) is 5.92 Å². The summed E-state index contributed by atoms with van der Waals surface area (Å²) in [5.41, 5.74) is 3.88. The molecule has 18 heavy (non-hydrogen) atoms. The normalized spacial score (nSPS) is 18.9. The third kappa shape index (κ3) is 3.51. The predicted molar refractivity (Wildman–Crippen MR) is 83.8 cm³/mol. The van der Waals surface area contributed by atoms with Crippen LogP contribution in [0.3, 0.4) is 0 Å². The summed E-state index contributed by atoms with van der Waals surface area (Å²) in [6.45, 7) is 4.28. The molecule has 1 atom stereocenters. The molecule has 100 valence electrons. The fourth-order valence-corrected chi connectivity index (χ4v) is 4.27. The molecule has 0 saturated heterocycles. The van der Waals surface area contributed by atoms with Crippen molar-refractivity contribution in [3.05, 3.63) is 33.8 Å². The molecule has 0 bridgehead atoms. The molecule has 0 nitrogen and oxygen atoms in total. The quantitative estimate of drug-likeness (QED) is 0.566. The first-order chi connectivity index (χ1) is 8.58. The minimum atomic E-state index is 0.410. The summed E-state index contributed by atoms with van der Waals surface area (Å²) in [5, 5.41) is 0.913. The Balaban J connectivity index is 2.08. The fourth-order valence-electron chi connectivity index (χ4n) is 2.89. The number of alkyl halides is 1. The van der Waals surface area contributed by atoms with Gasteiger partial charge in [0.1, 0.15) is 0 Å². The Bertz CT molecular complexity index is 408. The molecule has 1 aliphatic rings. The zero-order valence-corrected chi connectivity index (χ0v) is 13.6. The Kier molecular flexibility index (Phi) is 5.14. The number of benzene rings is 1. The standard InChI is InChI=1S/C16H22BrCl/c1-11-8-14(16(18)9-12(11)2)15(17)10-13-6-4-3-5-7-13/h8-9,13,15H,3-7,10H2,1-2H3. The molecular weight excluding hydrogens is 308 g/mol. The van der Waals surface area contributed by atoms with Crippen LogP contribution in [0, 0.1) is 19.8 Å². The first-order valence-corrected chi connectivity index (χ1v) is 8.28. The maximum absolute atomic E-state index is 6.38. The number of rotatable bonds is 3. The Hall–Kier alpha value is -0.0100. The van der Waals surface area contributed by atoms with E-state index in [-0.39, 0.29) is 0 Å². The summed E-state index contributed by atoms with van der Waals surface area (Å²) in [6, 6.07) is 4.35. The SMILES string of the molecule is Cc1cc(Cl)c(C(Br)CC2CCCCC2)cc1C. The smallest absolute Gasteiger partial charge is 0.0452 e. The van der Waals surface area contributed by atoms with Gasteiger partial charge in [-0.25, -0.2) is 0 Å². The highest BCUT2D eigenvalue weighted by Crippen LogP contribution is 2.39. The van der Waals surface area contributed by atoms with Crippen molar-refractivity contribution < 1.29 is 0 Å². The molecule has 0 amide bonds. The summed E-state index contributed by atoms with van der Waals surface area (Å²) in [5.74, 6) is 0.876. The highest BCUT2D eigenvalue weighted by Gasteiger charge is 2.20. The maximum Gasteiger partial charge on any atom is 0.0452 e.